The van der Waals surface area contributed by atoms with Crippen LogP contribution in [0.5, 0.6) is 0 Å². The highest BCUT2D eigenvalue weighted by molar-refractivity contribution is 6.54. The molecule has 0 unspecified atom stereocenters. The van der Waals surface area contributed by atoms with Gasteiger partial charge in [-0.15, -0.1) is 0 Å². The third-order valence-electron chi connectivity index (χ3n) is 1.33. The van der Waals surface area contributed by atoms with E-state index in [-0.39, 0.29) is 11.0 Å². The molecule has 2 nitrogen and oxygen atoms in total. The molecule has 0 amide bonds. The summed E-state index contributed by atoms with van der Waals surface area (Å²) in [5.41, 5.74) is 1.32. The maximum absolute atomic E-state index is 2.25. The van der Waals surface area contributed by atoms with Crippen LogP contribution >= 0.6 is 0 Å². The Morgan fingerprint density at radius 3 is 1.92 bits per heavy atom. The first-order valence-corrected chi connectivity index (χ1v) is 3.69. The lowest BCUT2D eigenvalue weighted by Crippen LogP contribution is -2.15. The van der Waals surface area contributed by atoms with Crippen molar-refractivity contribution in [2.24, 2.45) is 0 Å². The largest absolute Gasteiger partial charge is 0.412 e. The van der Waals surface area contributed by atoms with Gasteiger partial charge in [0.05, 0.1) is 0 Å². The van der Waals surface area contributed by atoms with E-state index < -0.39 is 0 Å². The van der Waals surface area contributed by atoms with Gasteiger partial charge in [0, 0.05) is 0 Å². The van der Waals surface area contributed by atoms with Crippen LogP contribution in [-0.2, 0) is 0 Å². The number of rotatable bonds is 2. The summed E-state index contributed by atoms with van der Waals surface area (Å²) in [6.07, 6.45) is 0. The van der Waals surface area contributed by atoms with Gasteiger partial charge in [0.2, 0.25) is 0 Å². The van der Waals surface area contributed by atoms with E-state index >= 15 is 0 Å². The van der Waals surface area contributed by atoms with E-state index in [0.717, 1.165) is 0 Å². The molecule has 1 radical (unpaired) electrons. The fourth-order valence-electron chi connectivity index (χ4n) is 0.949. The molecule has 0 atom stereocenters. The first-order chi connectivity index (χ1) is 4.79. The summed E-state index contributed by atoms with van der Waals surface area (Å²) in [6, 6.07) is 10.4. The van der Waals surface area contributed by atoms with Gasteiger partial charge in [-0.25, -0.2) is 0 Å². The minimum absolute atomic E-state index is 0. The predicted molar refractivity (Wildman–Crippen MR) is 54.2 cm³/mol. The van der Waals surface area contributed by atoms with Crippen molar-refractivity contribution in [3.8, 4) is 0 Å². The first kappa shape index (κ1) is 13.8. The van der Waals surface area contributed by atoms with Gasteiger partial charge in [-0.05, 0) is 0 Å². The Balaban J connectivity index is 0. The van der Waals surface area contributed by atoms with Crippen molar-refractivity contribution in [1.82, 2.24) is 0 Å². The molecule has 0 saturated carbocycles. The van der Waals surface area contributed by atoms with Crippen molar-refractivity contribution in [3.63, 3.8) is 0 Å². The molecule has 0 aliphatic heterocycles. The van der Waals surface area contributed by atoms with Gasteiger partial charge in [0.15, 0.2) is 7.28 Å². The van der Waals surface area contributed by atoms with E-state index in [1.165, 1.54) is 5.46 Å². The monoisotopic (exact) mass is 167 g/mol. The molecule has 3 heteroatoms. The standard InChI is InChI=1S/C9H12B.2H2O/c1-8(2)10-9-6-4-3-5-7-9;;/h3-8H,1-2H3;2*1H2. The van der Waals surface area contributed by atoms with E-state index in [0.29, 0.717) is 5.82 Å². The number of hydrogen-bond donors (Lipinski definition) is 0. The Hall–Kier alpha value is -0.795. The fraction of sp³-hybridized carbons (Fsp3) is 0.333. The molecule has 0 fully saturated rings. The van der Waals surface area contributed by atoms with Crippen LogP contribution in [0.3, 0.4) is 0 Å². The maximum Gasteiger partial charge on any atom is 0.154 e. The number of hydrogen-bond acceptors (Lipinski definition) is 0. The predicted octanol–water partition coefficient (Wildman–Crippen LogP) is 0.195. The van der Waals surface area contributed by atoms with Gasteiger partial charge >= 0.3 is 0 Å². The van der Waals surface area contributed by atoms with E-state index in [1.807, 2.05) is 6.07 Å². The zero-order valence-electron chi connectivity index (χ0n) is 7.54. The van der Waals surface area contributed by atoms with Crippen molar-refractivity contribution >= 4 is 12.7 Å². The summed E-state index contributed by atoms with van der Waals surface area (Å²) in [4.78, 5) is 0. The summed E-state index contributed by atoms with van der Waals surface area (Å²) in [5, 5.41) is 0. The zero-order valence-corrected chi connectivity index (χ0v) is 7.54. The van der Waals surface area contributed by atoms with Gasteiger partial charge in [-0.1, -0.05) is 55.5 Å². The third kappa shape index (κ3) is 4.94. The smallest absolute Gasteiger partial charge is 0.154 e. The average Bonchev–Trinajstić information content (AvgIpc) is 1.88. The third-order valence-corrected chi connectivity index (χ3v) is 1.33. The van der Waals surface area contributed by atoms with Crippen LogP contribution in [0.4, 0.5) is 0 Å². The lowest BCUT2D eigenvalue weighted by molar-refractivity contribution is 0.823. The second-order valence-corrected chi connectivity index (χ2v) is 2.82. The summed E-state index contributed by atoms with van der Waals surface area (Å²) in [6.45, 7) is 4.38. The topological polar surface area (TPSA) is 63.0 Å². The van der Waals surface area contributed by atoms with E-state index in [1.54, 1.807) is 0 Å². The van der Waals surface area contributed by atoms with Crippen LogP contribution in [0, 0.1) is 0 Å². The molecule has 0 spiro atoms. The zero-order chi connectivity index (χ0) is 7.40. The van der Waals surface area contributed by atoms with Crippen molar-refractivity contribution in [2.75, 3.05) is 0 Å². The Labute approximate surface area is 74.5 Å². The summed E-state index contributed by atoms with van der Waals surface area (Å²) in [7, 11) is 2.25. The van der Waals surface area contributed by atoms with Crippen molar-refractivity contribution in [2.45, 2.75) is 19.7 Å². The molecule has 67 valence electrons. The molecular formula is C9H16BO2. The van der Waals surface area contributed by atoms with Crippen LogP contribution in [0.1, 0.15) is 13.8 Å². The second-order valence-electron chi connectivity index (χ2n) is 2.82. The Bertz CT molecular complexity index is 187. The lowest BCUT2D eigenvalue weighted by Gasteiger charge is -2.00. The van der Waals surface area contributed by atoms with Crippen molar-refractivity contribution in [1.29, 1.82) is 0 Å². The van der Waals surface area contributed by atoms with Gasteiger partial charge in [-0.3, -0.25) is 0 Å². The molecule has 0 aliphatic rings. The molecule has 0 aliphatic carbocycles. The van der Waals surface area contributed by atoms with Gasteiger partial charge in [0.25, 0.3) is 0 Å². The quantitative estimate of drug-likeness (QED) is 0.564. The highest BCUT2D eigenvalue weighted by Gasteiger charge is 1.96. The SMILES string of the molecule is CC(C)[B]c1ccccc1.O.O. The van der Waals surface area contributed by atoms with Crippen molar-refractivity contribution < 1.29 is 11.0 Å². The summed E-state index contributed by atoms with van der Waals surface area (Å²) in [5.74, 6) is 0.641. The van der Waals surface area contributed by atoms with Gasteiger partial charge < -0.3 is 11.0 Å². The lowest BCUT2D eigenvalue weighted by atomic mass is 9.61. The van der Waals surface area contributed by atoms with Crippen molar-refractivity contribution in [3.05, 3.63) is 30.3 Å². The second kappa shape index (κ2) is 6.89. The fourth-order valence-corrected chi connectivity index (χ4v) is 0.949. The van der Waals surface area contributed by atoms with E-state index in [9.17, 15) is 0 Å². The van der Waals surface area contributed by atoms with E-state index in [2.05, 4.69) is 45.4 Å². The highest BCUT2D eigenvalue weighted by atomic mass is 16.0. The first-order valence-electron chi connectivity index (χ1n) is 3.69. The maximum atomic E-state index is 2.25. The molecule has 12 heavy (non-hydrogen) atoms. The Kier molecular flexibility index (Phi) is 7.90. The van der Waals surface area contributed by atoms with E-state index in [4.69, 9.17) is 0 Å². The molecule has 0 saturated heterocycles. The normalized spacial score (nSPS) is 8.25. The van der Waals surface area contributed by atoms with Gasteiger partial charge in [0.1, 0.15) is 0 Å². The van der Waals surface area contributed by atoms with Crippen LogP contribution < -0.4 is 5.46 Å². The molecular weight excluding hydrogens is 151 g/mol. The molecule has 1 aromatic carbocycles. The van der Waals surface area contributed by atoms with Crippen LogP contribution in [-0.4, -0.2) is 18.2 Å². The molecule has 4 N–H and O–H groups in total. The summed E-state index contributed by atoms with van der Waals surface area (Å²) < 4.78 is 0. The average molecular weight is 167 g/mol. The Morgan fingerprint density at radius 1 is 1.00 bits per heavy atom. The molecule has 0 bridgehead atoms. The highest BCUT2D eigenvalue weighted by Crippen LogP contribution is 1.96. The minimum atomic E-state index is 0. The van der Waals surface area contributed by atoms with Gasteiger partial charge in [-0.2, -0.15) is 0 Å². The van der Waals surface area contributed by atoms with Crippen LogP contribution in [0.25, 0.3) is 0 Å². The van der Waals surface area contributed by atoms with Crippen LogP contribution in [0.2, 0.25) is 5.82 Å². The molecule has 1 aromatic rings. The van der Waals surface area contributed by atoms with Crippen LogP contribution in [0.15, 0.2) is 30.3 Å². The molecule has 1 rings (SSSR count). The minimum Gasteiger partial charge on any atom is -0.412 e. The summed E-state index contributed by atoms with van der Waals surface area (Å²) >= 11 is 0. The molecule has 0 heterocycles. The number of benzene rings is 1. The molecule has 0 aromatic heterocycles. The Morgan fingerprint density at radius 2 is 1.50 bits per heavy atom.